The Hall–Kier alpha value is -2.88. The average Bonchev–Trinajstić information content (AvgIpc) is 3.60. The zero-order valence-electron chi connectivity index (χ0n) is 19.0. The lowest BCUT2D eigenvalue weighted by atomic mass is 10.0. The Bertz CT molecular complexity index is 1210. The van der Waals surface area contributed by atoms with E-state index >= 15 is 0 Å². The van der Waals surface area contributed by atoms with Gasteiger partial charge in [-0.25, -0.2) is 0 Å². The van der Waals surface area contributed by atoms with Crippen LogP contribution in [0.2, 0.25) is 0 Å². The molecule has 2 atom stereocenters. The molecule has 0 N–H and O–H groups in total. The molecule has 0 spiro atoms. The van der Waals surface area contributed by atoms with Crippen LogP contribution in [-0.4, -0.2) is 12.6 Å². The summed E-state index contributed by atoms with van der Waals surface area (Å²) in [6.07, 6.45) is -4.75. The quantitative estimate of drug-likeness (QED) is 0.257. The molecule has 10 heteroatoms. The van der Waals surface area contributed by atoms with E-state index in [9.17, 15) is 31.1 Å². The number of rotatable bonds is 6. The summed E-state index contributed by atoms with van der Waals surface area (Å²) in [7, 11) is 0. The van der Waals surface area contributed by atoms with Gasteiger partial charge >= 0.3 is 18.3 Å². The SMILES string of the molecule is CCOC(=O)C1CC1c1cc(-c2ccc(C(F)(F)F)cc2)c[n+](Cc2ccc(C(F)(F)F)cc2)c1.[Br-]. The Morgan fingerprint density at radius 2 is 1.44 bits per heavy atom. The van der Waals surface area contributed by atoms with Crippen molar-refractivity contribution in [3.05, 3.63) is 89.2 Å². The molecule has 0 aliphatic heterocycles. The fourth-order valence-corrected chi connectivity index (χ4v) is 4.05. The number of alkyl halides is 6. The van der Waals surface area contributed by atoms with E-state index in [-0.39, 0.29) is 47.9 Å². The number of hydrogen-bond donors (Lipinski definition) is 0. The summed E-state index contributed by atoms with van der Waals surface area (Å²) in [5, 5.41) is 0. The van der Waals surface area contributed by atoms with Gasteiger partial charge in [0, 0.05) is 22.6 Å². The molecular formula is C26H22BrF6NO2. The summed E-state index contributed by atoms with van der Waals surface area (Å²) in [4.78, 5) is 12.1. The molecule has 1 saturated carbocycles. The van der Waals surface area contributed by atoms with Gasteiger partial charge in [-0.2, -0.15) is 30.9 Å². The van der Waals surface area contributed by atoms with E-state index in [1.165, 1.54) is 24.3 Å². The van der Waals surface area contributed by atoms with E-state index in [2.05, 4.69) is 0 Å². The molecule has 0 amide bonds. The molecule has 0 bridgehead atoms. The highest BCUT2D eigenvalue weighted by atomic mass is 79.9. The van der Waals surface area contributed by atoms with Crippen LogP contribution in [0, 0.1) is 5.92 Å². The molecule has 3 nitrogen and oxygen atoms in total. The third-order valence-electron chi connectivity index (χ3n) is 5.94. The summed E-state index contributed by atoms with van der Waals surface area (Å²) in [6.45, 7) is 2.23. The molecule has 1 aliphatic rings. The summed E-state index contributed by atoms with van der Waals surface area (Å²) in [5.74, 6) is -0.689. The second kappa shape index (κ2) is 10.6. The van der Waals surface area contributed by atoms with Crippen LogP contribution in [0.3, 0.4) is 0 Å². The molecule has 1 heterocycles. The summed E-state index contributed by atoms with van der Waals surface area (Å²) in [5.41, 5.74) is 1.11. The third kappa shape index (κ3) is 6.46. The van der Waals surface area contributed by atoms with E-state index in [0.717, 1.165) is 29.8 Å². The lowest BCUT2D eigenvalue weighted by Crippen LogP contribution is -3.00. The molecule has 36 heavy (non-hydrogen) atoms. The molecular weight excluding hydrogens is 552 g/mol. The van der Waals surface area contributed by atoms with Crippen LogP contribution in [0.25, 0.3) is 11.1 Å². The van der Waals surface area contributed by atoms with Crippen LogP contribution < -0.4 is 21.5 Å². The highest BCUT2D eigenvalue weighted by Crippen LogP contribution is 2.48. The fourth-order valence-electron chi connectivity index (χ4n) is 4.05. The van der Waals surface area contributed by atoms with Crippen LogP contribution in [0.5, 0.6) is 0 Å². The number of aromatic nitrogens is 1. The second-order valence-corrected chi connectivity index (χ2v) is 8.50. The highest BCUT2D eigenvalue weighted by Gasteiger charge is 2.46. The Kier molecular flexibility index (Phi) is 8.17. The lowest BCUT2D eigenvalue weighted by molar-refractivity contribution is -0.688. The Labute approximate surface area is 214 Å². The molecule has 1 aromatic heterocycles. The van der Waals surface area contributed by atoms with E-state index in [4.69, 9.17) is 4.74 Å². The Morgan fingerprint density at radius 1 is 0.889 bits per heavy atom. The smallest absolute Gasteiger partial charge is 0.416 e. The van der Waals surface area contributed by atoms with Crippen molar-refractivity contribution in [2.45, 2.75) is 38.2 Å². The standard InChI is InChI=1S/C26H22F6NO2.BrH/c1-2-35-24(34)23-12-22(23)19-11-18(17-5-9-21(10-6-17)26(30,31)32)14-33(15-19)13-16-3-7-20(8-4-16)25(27,28)29;/h3-11,14-15,22-23H,2,12-13H2,1H3;1H/q+1;/p-1. The minimum Gasteiger partial charge on any atom is -1.00 e. The van der Waals surface area contributed by atoms with Gasteiger partial charge in [0.2, 0.25) is 0 Å². The van der Waals surface area contributed by atoms with Crippen LogP contribution in [0.1, 0.15) is 41.5 Å². The number of pyridine rings is 1. The van der Waals surface area contributed by atoms with Gasteiger partial charge < -0.3 is 21.7 Å². The van der Waals surface area contributed by atoms with Gasteiger partial charge in [-0.3, -0.25) is 4.79 Å². The number of hydrogen-bond acceptors (Lipinski definition) is 2. The molecule has 1 aliphatic carbocycles. The van der Waals surface area contributed by atoms with E-state index in [1.54, 1.807) is 17.7 Å². The number of carbonyl (C=O) groups is 1. The molecule has 3 aromatic rings. The van der Waals surface area contributed by atoms with Gasteiger partial charge in [0.1, 0.15) is 0 Å². The van der Waals surface area contributed by atoms with Crippen molar-refractivity contribution in [2.24, 2.45) is 5.92 Å². The van der Waals surface area contributed by atoms with Crippen molar-refractivity contribution in [2.75, 3.05) is 6.61 Å². The minimum absolute atomic E-state index is 0. The monoisotopic (exact) mass is 573 g/mol. The van der Waals surface area contributed by atoms with Crippen molar-refractivity contribution in [3.63, 3.8) is 0 Å². The number of esters is 1. The molecule has 0 radical (unpaired) electrons. The molecule has 0 saturated heterocycles. The van der Waals surface area contributed by atoms with Gasteiger partial charge in [0.05, 0.1) is 23.7 Å². The first-order valence-electron chi connectivity index (χ1n) is 11.0. The minimum atomic E-state index is -4.45. The zero-order valence-corrected chi connectivity index (χ0v) is 20.6. The van der Waals surface area contributed by atoms with Gasteiger partial charge in [0.25, 0.3) is 0 Å². The van der Waals surface area contributed by atoms with Crippen molar-refractivity contribution < 1.29 is 57.4 Å². The average molecular weight is 574 g/mol. The van der Waals surface area contributed by atoms with E-state index < -0.39 is 23.5 Å². The van der Waals surface area contributed by atoms with Crippen molar-refractivity contribution in [1.82, 2.24) is 0 Å². The summed E-state index contributed by atoms with van der Waals surface area (Å²) >= 11 is 0. The van der Waals surface area contributed by atoms with Gasteiger partial charge in [-0.05, 0) is 49.2 Å². The molecule has 2 unspecified atom stereocenters. The Balaban J connectivity index is 0.00000361. The number of halogens is 7. The van der Waals surface area contributed by atoms with Gasteiger partial charge in [-0.1, -0.05) is 24.3 Å². The maximum absolute atomic E-state index is 13.0. The van der Waals surface area contributed by atoms with Crippen LogP contribution in [-0.2, 0) is 28.4 Å². The van der Waals surface area contributed by atoms with Crippen LogP contribution in [0.4, 0.5) is 26.3 Å². The number of carbonyl (C=O) groups excluding carboxylic acids is 1. The predicted octanol–water partition coefficient (Wildman–Crippen LogP) is 3.40. The van der Waals surface area contributed by atoms with Crippen molar-refractivity contribution >= 4 is 5.97 Å². The zero-order chi connectivity index (χ0) is 25.4. The molecule has 1 fully saturated rings. The lowest BCUT2D eigenvalue weighted by Gasteiger charge is -2.10. The van der Waals surface area contributed by atoms with Crippen molar-refractivity contribution in [1.29, 1.82) is 0 Å². The first-order valence-corrected chi connectivity index (χ1v) is 11.0. The van der Waals surface area contributed by atoms with Gasteiger partial charge in [0.15, 0.2) is 18.9 Å². The fraction of sp³-hybridized carbons (Fsp3) is 0.308. The summed E-state index contributed by atoms with van der Waals surface area (Å²) < 4.78 is 84.4. The topological polar surface area (TPSA) is 30.2 Å². The maximum Gasteiger partial charge on any atom is 0.416 e. The van der Waals surface area contributed by atoms with Gasteiger partial charge in [-0.15, -0.1) is 0 Å². The van der Waals surface area contributed by atoms with Crippen LogP contribution >= 0.6 is 0 Å². The van der Waals surface area contributed by atoms with Crippen molar-refractivity contribution in [3.8, 4) is 11.1 Å². The summed E-state index contributed by atoms with van der Waals surface area (Å²) in [6, 6.07) is 11.4. The number of benzene rings is 2. The second-order valence-electron chi connectivity index (χ2n) is 8.50. The van der Waals surface area contributed by atoms with E-state index in [1.807, 2.05) is 12.3 Å². The number of nitrogens with zero attached hydrogens (tertiary/aromatic N) is 1. The Morgan fingerprint density at radius 3 is 1.97 bits per heavy atom. The number of ether oxygens (including phenoxy) is 1. The highest BCUT2D eigenvalue weighted by molar-refractivity contribution is 5.77. The predicted molar refractivity (Wildman–Crippen MR) is 115 cm³/mol. The molecule has 4 rings (SSSR count). The van der Waals surface area contributed by atoms with E-state index in [0.29, 0.717) is 23.1 Å². The first-order chi connectivity index (χ1) is 16.5. The molecule has 192 valence electrons. The molecule has 2 aromatic carbocycles. The largest absolute Gasteiger partial charge is 1.00 e. The third-order valence-corrected chi connectivity index (χ3v) is 5.94. The maximum atomic E-state index is 13.0. The first kappa shape index (κ1) is 27.7. The van der Waals surface area contributed by atoms with Crippen LogP contribution in [0.15, 0.2) is 67.0 Å². The normalized spacial score (nSPS) is 17.3.